The summed E-state index contributed by atoms with van der Waals surface area (Å²) >= 11 is 0. The lowest BCUT2D eigenvalue weighted by molar-refractivity contribution is -0.384. The molecule has 1 aromatic rings. The Morgan fingerprint density at radius 1 is 1.43 bits per heavy atom. The summed E-state index contributed by atoms with van der Waals surface area (Å²) in [5.74, 6) is -0.225. The van der Waals surface area contributed by atoms with Gasteiger partial charge in [-0.1, -0.05) is 12.1 Å². The van der Waals surface area contributed by atoms with Crippen LogP contribution in [0.15, 0.2) is 24.3 Å². The molecule has 1 aromatic carbocycles. The van der Waals surface area contributed by atoms with Crippen LogP contribution in [0.1, 0.15) is 17.9 Å². The normalized spacial score (nSPS) is 17.7. The molecule has 112 valence electrons. The topological polar surface area (TPSA) is 104 Å². The monoisotopic (exact) mass is 309 g/mol. The van der Waals surface area contributed by atoms with Crippen LogP contribution in [0.2, 0.25) is 0 Å². The molecule has 1 aliphatic heterocycles. The van der Waals surface area contributed by atoms with Crippen molar-refractivity contribution in [3.05, 3.63) is 39.9 Å². The second kappa shape index (κ2) is 5.79. The Labute approximate surface area is 123 Å². The lowest BCUT2D eigenvalue weighted by atomic mass is 9.87. The van der Waals surface area contributed by atoms with Gasteiger partial charge < -0.3 is 0 Å². The van der Waals surface area contributed by atoms with Gasteiger partial charge in [0.25, 0.3) is 5.69 Å². The predicted octanol–water partition coefficient (Wildman–Crippen LogP) is 1.48. The van der Waals surface area contributed by atoms with E-state index in [4.69, 9.17) is 0 Å². The highest BCUT2D eigenvalue weighted by atomic mass is 32.2. The largest absolute Gasteiger partial charge is 0.269 e. The maximum atomic E-state index is 11.3. The van der Waals surface area contributed by atoms with Crippen molar-refractivity contribution in [2.45, 2.75) is 12.3 Å². The van der Waals surface area contributed by atoms with Gasteiger partial charge in [-0.25, -0.2) is 12.7 Å². The van der Waals surface area contributed by atoms with E-state index in [1.807, 2.05) is 0 Å². The second-order valence-electron chi connectivity index (χ2n) is 5.21. The van der Waals surface area contributed by atoms with Gasteiger partial charge in [0.15, 0.2) is 0 Å². The van der Waals surface area contributed by atoms with Gasteiger partial charge in [-0.2, -0.15) is 5.26 Å². The van der Waals surface area contributed by atoms with Crippen LogP contribution >= 0.6 is 0 Å². The van der Waals surface area contributed by atoms with Gasteiger partial charge in [-0.05, 0) is 17.9 Å². The molecule has 1 atom stereocenters. The van der Waals surface area contributed by atoms with Crippen molar-refractivity contribution in [3.8, 4) is 6.07 Å². The fourth-order valence-electron chi connectivity index (χ4n) is 2.37. The van der Waals surface area contributed by atoms with Gasteiger partial charge in [0.05, 0.1) is 23.2 Å². The summed E-state index contributed by atoms with van der Waals surface area (Å²) in [6.45, 7) is 0.869. The van der Waals surface area contributed by atoms with Crippen molar-refractivity contribution in [1.82, 2.24) is 4.31 Å². The van der Waals surface area contributed by atoms with Crippen LogP contribution in [0, 0.1) is 27.4 Å². The van der Waals surface area contributed by atoms with Gasteiger partial charge in [-0.15, -0.1) is 0 Å². The molecular formula is C13H15N3O4S. The molecule has 0 bridgehead atoms. The van der Waals surface area contributed by atoms with Crippen molar-refractivity contribution >= 4 is 15.7 Å². The zero-order chi connectivity index (χ0) is 15.6. The summed E-state index contributed by atoms with van der Waals surface area (Å²) in [7, 11) is -3.15. The van der Waals surface area contributed by atoms with Crippen LogP contribution in [0.3, 0.4) is 0 Å². The minimum absolute atomic E-state index is 0.0117. The first-order valence-electron chi connectivity index (χ1n) is 6.40. The smallest absolute Gasteiger partial charge is 0.258 e. The molecule has 0 saturated carbocycles. The summed E-state index contributed by atoms with van der Waals surface area (Å²) < 4.78 is 23.9. The number of nitrogens with zero attached hydrogens (tertiary/aromatic N) is 3. The van der Waals surface area contributed by atoms with Gasteiger partial charge >= 0.3 is 0 Å². The Bertz CT molecular complexity index is 672. The van der Waals surface area contributed by atoms with Crippen LogP contribution < -0.4 is 0 Å². The van der Waals surface area contributed by atoms with Crippen molar-refractivity contribution in [2.75, 3.05) is 19.3 Å². The Balaban J connectivity index is 1.99. The lowest BCUT2D eigenvalue weighted by Gasteiger charge is -2.38. The average molecular weight is 309 g/mol. The molecular weight excluding hydrogens is 294 g/mol. The summed E-state index contributed by atoms with van der Waals surface area (Å²) in [6, 6.07) is 8.10. The van der Waals surface area contributed by atoms with E-state index in [-0.39, 0.29) is 17.5 Å². The van der Waals surface area contributed by atoms with Crippen molar-refractivity contribution < 1.29 is 13.3 Å². The standard InChI is InChI=1S/C13H15N3O4S/c1-21(19,20)15-8-10(9-15)6-12(7-14)11-2-4-13(5-3-11)16(17)18/h2-5,10,12H,6,8-9H2,1H3. The maximum Gasteiger partial charge on any atom is 0.269 e. The highest BCUT2D eigenvalue weighted by Gasteiger charge is 2.34. The number of hydrogen-bond donors (Lipinski definition) is 0. The Hall–Kier alpha value is -1.98. The first-order valence-corrected chi connectivity index (χ1v) is 8.25. The molecule has 1 unspecified atom stereocenters. The highest BCUT2D eigenvalue weighted by molar-refractivity contribution is 7.88. The molecule has 0 amide bonds. The van der Waals surface area contributed by atoms with Crippen LogP contribution in [-0.4, -0.2) is 37.0 Å². The minimum Gasteiger partial charge on any atom is -0.258 e. The average Bonchev–Trinajstić information content (AvgIpc) is 2.36. The number of hydrogen-bond acceptors (Lipinski definition) is 5. The number of non-ortho nitro benzene ring substituents is 1. The maximum absolute atomic E-state index is 11.3. The first-order chi connectivity index (χ1) is 9.81. The SMILES string of the molecule is CS(=O)(=O)N1CC(CC(C#N)c2ccc([N+](=O)[O-])cc2)C1. The minimum atomic E-state index is -3.15. The van der Waals surface area contributed by atoms with Crippen LogP contribution in [0.5, 0.6) is 0 Å². The number of benzene rings is 1. The molecule has 0 aliphatic carbocycles. The summed E-state index contributed by atoms with van der Waals surface area (Å²) in [6.07, 6.45) is 1.72. The molecule has 0 spiro atoms. The third-order valence-electron chi connectivity index (χ3n) is 3.62. The summed E-state index contributed by atoms with van der Waals surface area (Å²) in [4.78, 5) is 10.1. The number of rotatable bonds is 5. The Morgan fingerprint density at radius 3 is 2.43 bits per heavy atom. The first kappa shape index (κ1) is 15.4. The Morgan fingerprint density at radius 2 is 2.00 bits per heavy atom. The van der Waals surface area contributed by atoms with Crippen LogP contribution in [-0.2, 0) is 10.0 Å². The van der Waals surface area contributed by atoms with Crippen molar-refractivity contribution in [1.29, 1.82) is 5.26 Å². The van der Waals surface area contributed by atoms with Crippen molar-refractivity contribution in [3.63, 3.8) is 0 Å². The lowest BCUT2D eigenvalue weighted by Crippen LogP contribution is -2.49. The van der Waals surface area contributed by atoms with E-state index in [0.29, 0.717) is 19.5 Å². The van der Waals surface area contributed by atoms with E-state index < -0.39 is 14.9 Å². The van der Waals surface area contributed by atoms with Gasteiger partial charge in [0.2, 0.25) is 10.0 Å². The van der Waals surface area contributed by atoms with Gasteiger partial charge in [-0.3, -0.25) is 10.1 Å². The summed E-state index contributed by atoms with van der Waals surface area (Å²) in [5, 5.41) is 19.8. The van der Waals surface area contributed by atoms with Gasteiger partial charge in [0, 0.05) is 25.2 Å². The fourth-order valence-corrected chi connectivity index (χ4v) is 3.33. The molecule has 1 heterocycles. The fraction of sp³-hybridized carbons (Fsp3) is 0.462. The second-order valence-corrected chi connectivity index (χ2v) is 7.19. The molecule has 1 aliphatic rings. The van der Waals surface area contributed by atoms with E-state index in [0.717, 1.165) is 5.56 Å². The predicted molar refractivity (Wildman–Crippen MR) is 76.0 cm³/mol. The zero-order valence-electron chi connectivity index (χ0n) is 11.5. The quantitative estimate of drug-likeness (QED) is 0.605. The third-order valence-corrected chi connectivity index (χ3v) is 4.86. The third kappa shape index (κ3) is 3.56. The zero-order valence-corrected chi connectivity index (χ0v) is 12.3. The summed E-state index contributed by atoms with van der Waals surface area (Å²) in [5.41, 5.74) is 0.711. The van der Waals surface area contributed by atoms with E-state index >= 15 is 0 Å². The van der Waals surface area contributed by atoms with Crippen LogP contribution in [0.4, 0.5) is 5.69 Å². The molecule has 0 N–H and O–H groups in total. The number of sulfonamides is 1. The number of nitriles is 1. The van der Waals surface area contributed by atoms with Crippen LogP contribution in [0.25, 0.3) is 0 Å². The molecule has 8 heteroatoms. The number of nitro groups is 1. The molecule has 1 fully saturated rings. The van der Waals surface area contributed by atoms with E-state index in [2.05, 4.69) is 6.07 Å². The van der Waals surface area contributed by atoms with E-state index in [9.17, 15) is 23.8 Å². The van der Waals surface area contributed by atoms with E-state index in [1.165, 1.54) is 22.7 Å². The molecule has 2 rings (SSSR count). The highest BCUT2D eigenvalue weighted by Crippen LogP contribution is 2.30. The van der Waals surface area contributed by atoms with Gasteiger partial charge in [0.1, 0.15) is 0 Å². The molecule has 7 nitrogen and oxygen atoms in total. The Kier molecular flexibility index (Phi) is 4.25. The molecule has 0 radical (unpaired) electrons. The molecule has 1 saturated heterocycles. The van der Waals surface area contributed by atoms with E-state index in [1.54, 1.807) is 12.1 Å². The number of nitro benzene ring substituents is 1. The molecule has 0 aromatic heterocycles. The van der Waals surface area contributed by atoms with Crippen molar-refractivity contribution in [2.24, 2.45) is 5.92 Å². The molecule has 21 heavy (non-hydrogen) atoms.